The number of amides is 1. The zero-order valence-electron chi connectivity index (χ0n) is 19.1. The number of ether oxygens (including phenoxy) is 2. The molecule has 1 unspecified atom stereocenters. The largest absolute Gasteiger partial charge is 0.497 e. The highest BCUT2D eigenvalue weighted by molar-refractivity contribution is 7.89. The van der Waals surface area contributed by atoms with E-state index >= 15 is 0 Å². The summed E-state index contributed by atoms with van der Waals surface area (Å²) in [7, 11) is -1.06. The van der Waals surface area contributed by atoms with Gasteiger partial charge in [0.1, 0.15) is 18.1 Å². The van der Waals surface area contributed by atoms with Crippen LogP contribution in [0.25, 0.3) is 10.2 Å². The lowest BCUT2D eigenvalue weighted by Gasteiger charge is -2.30. The summed E-state index contributed by atoms with van der Waals surface area (Å²) in [5, 5.41) is 0. The Hall–Kier alpha value is -3.09. The predicted octanol–water partition coefficient (Wildman–Crippen LogP) is 2.55. The quantitative estimate of drug-likeness (QED) is 0.462. The lowest BCUT2D eigenvalue weighted by Crippen LogP contribution is -2.42. The molecule has 1 aliphatic rings. The molecule has 2 aromatic carbocycles. The maximum Gasteiger partial charge on any atom is 0.325 e. The van der Waals surface area contributed by atoms with E-state index < -0.39 is 33.6 Å². The number of benzene rings is 2. The summed E-state index contributed by atoms with van der Waals surface area (Å²) in [6.07, 6.45) is 0.964. The average molecular weight is 522 g/mol. The predicted molar refractivity (Wildman–Crippen MR) is 127 cm³/mol. The van der Waals surface area contributed by atoms with Crippen LogP contribution in [0.3, 0.4) is 0 Å². The van der Waals surface area contributed by atoms with Gasteiger partial charge in [-0.25, -0.2) is 12.8 Å². The van der Waals surface area contributed by atoms with Crippen LogP contribution in [0.4, 0.5) is 4.39 Å². The molecular weight excluding hydrogens is 497 g/mol. The molecule has 35 heavy (non-hydrogen) atoms. The molecule has 3 aromatic rings. The van der Waals surface area contributed by atoms with Gasteiger partial charge in [0.25, 0.3) is 5.91 Å². The summed E-state index contributed by atoms with van der Waals surface area (Å²) in [5.41, 5.74) is 0.692. The van der Waals surface area contributed by atoms with Crippen molar-refractivity contribution in [2.24, 2.45) is 10.9 Å². The van der Waals surface area contributed by atoms with Crippen LogP contribution in [0.1, 0.15) is 12.8 Å². The van der Waals surface area contributed by atoms with E-state index in [9.17, 15) is 22.4 Å². The third-order valence-electron chi connectivity index (χ3n) is 5.80. The summed E-state index contributed by atoms with van der Waals surface area (Å²) in [6.45, 7) is 0.0942. The Morgan fingerprint density at radius 2 is 1.91 bits per heavy atom. The number of thiazole rings is 1. The molecule has 12 heteroatoms. The number of piperidine rings is 1. The molecule has 0 bridgehead atoms. The van der Waals surface area contributed by atoms with Crippen LogP contribution in [0.15, 0.2) is 52.4 Å². The Labute approximate surface area is 205 Å². The molecule has 0 spiro atoms. The average Bonchev–Trinajstić information content (AvgIpc) is 3.19. The number of aromatic nitrogens is 1. The maximum atomic E-state index is 13.2. The van der Waals surface area contributed by atoms with Crippen LogP contribution in [-0.4, -0.2) is 56.5 Å². The van der Waals surface area contributed by atoms with Crippen LogP contribution in [0, 0.1) is 11.7 Å². The van der Waals surface area contributed by atoms with Gasteiger partial charge in [0, 0.05) is 13.1 Å². The van der Waals surface area contributed by atoms with Crippen LogP contribution >= 0.6 is 11.3 Å². The van der Waals surface area contributed by atoms with E-state index in [0.29, 0.717) is 28.9 Å². The van der Waals surface area contributed by atoms with E-state index in [1.807, 2.05) is 0 Å². The van der Waals surface area contributed by atoms with Crippen molar-refractivity contribution in [3.8, 4) is 5.75 Å². The number of hydrogen-bond donors (Lipinski definition) is 0. The van der Waals surface area contributed by atoms with Gasteiger partial charge in [0.15, 0.2) is 4.80 Å². The number of fused-ring (bicyclic) bond motifs is 1. The minimum absolute atomic E-state index is 0.0293. The van der Waals surface area contributed by atoms with Crippen molar-refractivity contribution in [2.75, 3.05) is 27.3 Å². The fourth-order valence-corrected chi connectivity index (χ4v) is 6.50. The van der Waals surface area contributed by atoms with Crippen molar-refractivity contribution >= 4 is 43.5 Å². The number of halogens is 1. The van der Waals surface area contributed by atoms with Crippen LogP contribution in [0.5, 0.6) is 5.75 Å². The number of sulfonamides is 1. The van der Waals surface area contributed by atoms with Gasteiger partial charge in [-0.15, -0.1) is 0 Å². The van der Waals surface area contributed by atoms with Crippen LogP contribution in [0.2, 0.25) is 0 Å². The minimum atomic E-state index is -3.88. The monoisotopic (exact) mass is 521 g/mol. The van der Waals surface area contributed by atoms with Gasteiger partial charge in [-0.3, -0.25) is 9.59 Å². The molecule has 1 fully saturated rings. The summed E-state index contributed by atoms with van der Waals surface area (Å²) >= 11 is 1.22. The molecule has 1 aliphatic heterocycles. The highest BCUT2D eigenvalue weighted by atomic mass is 32.2. The number of esters is 1. The molecular formula is C23H24FN3O6S2. The molecule has 0 radical (unpaired) electrons. The normalized spacial score (nSPS) is 17.5. The van der Waals surface area contributed by atoms with Crippen molar-refractivity contribution in [3.63, 3.8) is 0 Å². The van der Waals surface area contributed by atoms with Gasteiger partial charge in [-0.1, -0.05) is 11.3 Å². The van der Waals surface area contributed by atoms with Crippen molar-refractivity contribution in [1.29, 1.82) is 0 Å². The van der Waals surface area contributed by atoms with Gasteiger partial charge in [-0.2, -0.15) is 9.30 Å². The molecule has 1 atom stereocenters. The smallest absolute Gasteiger partial charge is 0.325 e. The zero-order chi connectivity index (χ0) is 25.2. The van der Waals surface area contributed by atoms with Crippen LogP contribution in [-0.2, 0) is 30.9 Å². The second-order valence-corrected chi connectivity index (χ2v) is 10.9. The van der Waals surface area contributed by atoms with Crippen molar-refractivity contribution in [3.05, 3.63) is 53.1 Å². The standard InChI is InChI=1S/C23H24FN3O6S2/c1-32-17-7-10-19-20(12-17)34-23(27(19)14-21(28)33-2)25-22(29)15-4-3-11-26(13-15)35(30,31)18-8-5-16(24)6-9-18/h5-10,12,15H,3-4,11,13-14H2,1-2H3. The minimum Gasteiger partial charge on any atom is -0.497 e. The number of carbonyl (C=O) groups excluding carboxylic acids is 2. The topological polar surface area (TPSA) is 107 Å². The van der Waals surface area contributed by atoms with Crippen molar-refractivity contribution in [2.45, 2.75) is 24.3 Å². The molecule has 2 heterocycles. The second-order valence-electron chi connectivity index (χ2n) is 7.99. The van der Waals surface area contributed by atoms with Gasteiger partial charge >= 0.3 is 5.97 Å². The lowest BCUT2D eigenvalue weighted by atomic mass is 9.99. The molecule has 1 saturated heterocycles. The third kappa shape index (κ3) is 5.29. The van der Waals surface area contributed by atoms with Gasteiger partial charge < -0.3 is 14.0 Å². The summed E-state index contributed by atoms with van der Waals surface area (Å²) in [6, 6.07) is 9.90. The highest BCUT2D eigenvalue weighted by Crippen LogP contribution is 2.26. The first-order chi connectivity index (χ1) is 16.7. The Bertz CT molecular complexity index is 1430. The fourth-order valence-electron chi connectivity index (χ4n) is 3.92. The Morgan fingerprint density at radius 1 is 1.17 bits per heavy atom. The highest BCUT2D eigenvalue weighted by Gasteiger charge is 2.33. The first-order valence-corrected chi connectivity index (χ1v) is 13.1. The van der Waals surface area contributed by atoms with E-state index in [4.69, 9.17) is 9.47 Å². The molecule has 0 saturated carbocycles. The maximum absolute atomic E-state index is 13.2. The number of hydrogen-bond acceptors (Lipinski definition) is 7. The second kappa shape index (κ2) is 10.3. The van der Waals surface area contributed by atoms with Crippen molar-refractivity contribution in [1.82, 2.24) is 8.87 Å². The van der Waals surface area contributed by atoms with Crippen LogP contribution < -0.4 is 9.54 Å². The molecule has 186 valence electrons. The Morgan fingerprint density at radius 3 is 2.60 bits per heavy atom. The van der Waals surface area contributed by atoms with E-state index in [2.05, 4.69) is 4.99 Å². The number of carbonyl (C=O) groups is 2. The third-order valence-corrected chi connectivity index (χ3v) is 8.72. The van der Waals surface area contributed by atoms with Gasteiger partial charge in [-0.05, 0) is 55.3 Å². The number of methoxy groups -OCH3 is 2. The van der Waals surface area contributed by atoms with Crippen molar-refractivity contribution < 1.29 is 31.9 Å². The summed E-state index contributed by atoms with van der Waals surface area (Å²) < 4.78 is 52.9. The fraction of sp³-hybridized carbons (Fsp3) is 0.348. The van der Waals surface area contributed by atoms with E-state index in [1.165, 1.54) is 34.9 Å². The molecule has 0 aliphatic carbocycles. The molecule has 1 aromatic heterocycles. The number of nitrogens with zero attached hydrogens (tertiary/aromatic N) is 3. The number of rotatable bonds is 6. The summed E-state index contributed by atoms with van der Waals surface area (Å²) in [5.74, 6) is -1.53. The van der Waals surface area contributed by atoms with Gasteiger partial charge in [0.2, 0.25) is 10.0 Å². The van der Waals surface area contributed by atoms with Gasteiger partial charge in [0.05, 0.1) is 35.2 Å². The van der Waals surface area contributed by atoms with E-state index in [-0.39, 0.29) is 24.5 Å². The molecule has 0 N–H and O–H groups in total. The lowest BCUT2D eigenvalue weighted by molar-refractivity contribution is -0.141. The van der Waals surface area contributed by atoms with E-state index in [1.54, 1.807) is 29.9 Å². The van der Waals surface area contributed by atoms with E-state index in [0.717, 1.165) is 16.8 Å². The summed E-state index contributed by atoms with van der Waals surface area (Å²) in [4.78, 5) is 29.7. The first kappa shape index (κ1) is 25.0. The molecule has 1 amide bonds. The first-order valence-electron chi connectivity index (χ1n) is 10.8. The molecule has 9 nitrogen and oxygen atoms in total. The Kier molecular flexibility index (Phi) is 7.33. The zero-order valence-corrected chi connectivity index (χ0v) is 20.8. The SMILES string of the molecule is COC(=O)Cn1c(=NC(=O)C2CCCN(S(=O)(=O)c3ccc(F)cc3)C2)sc2cc(OC)ccc21. The molecule has 4 rings (SSSR count). The Balaban J connectivity index is 1.65.